The summed E-state index contributed by atoms with van der Waals surface area (Å²) >= 11 is 0. The topological polar surface area (TPSA) is 88.6 Å². The van der Waals surface area contributed by atoms with Gasteiger partial charge in [-0.05, 0) is 44.4 Å². The second-order valence-electron chi connectivity index (χ2n) is 7.98. The molecule has 172 valence electrons. The molecule has 1 aromatic heterocycles. The fourth-order valence-corrected chi connectivity index (χ4v) is 3.38. The summed E-state index contributed by atoms with van der Waals surface area (Å²) in [5.41, 5.74) is 1.83. The van der Waals surface area contributed by atoms with E-state index < -0.39 is 0 Å². The maximum absolute atomic E-state index is 13.3. The summed E-state index contributed by atoms with van der Waals surface area (Å²) in [7, 11) is 3.85. The van der Waals surface area contributed by atoms with Crippen molar-refractivity contribution in [2.24, 2.45) is 0 Å². The molecule has 2 N–H and O–H groups in total. The standard InChI is InChI=1S/C24H26FN5O3/c1-30(2)10-3-4-23(31)29-21-12-19-20(13-22(21)33-18-9-11-32-14-18)26-15-27-24(19)28-17-7-5-16(25)6-8-17/h3-8,12-13,15,18H,9-11,14H2,1-2H3,(H,29,31)(H,26,27,28). The minimum absolute atomic E-state index is 0.0963. The van der Waals surface area contributed by atoms with E-state index in [4.69, 9.17) is 9.47 Å². The highest BCUT2D eigenvalue weighted by Gasteiger charge is 2.20. The van der Waals surface area contributed by atoms with E-state index in [1.165, 1.54) is 24.5 Å². The molecule has 4 rings (SSSR count). The number of benzene rings is 2. The number of hydrogen-bond donors (Lipinski definition) is 2. The third kappa shape index (κ3) is 6.03. The number of halogens is 1. The number of carbonyl (C=O) groups excluding carboxylic acids is 1. The summed E-state index contributed by atoms with van der Waals surface area (Å²) in [5, 5.41) is 6.77. The minimum Gasteiger partial charge on any atom is -0.486 e. The Morgan fingerprint density at radius 3 is 2.82 bits per heavy atom. The predicted octanol–water partition coefficient (Wildman–Crippen LogP) is 3.74. The molecule has 1 amide bonds. The Hall–Kier alpha value is -3.56. The third-order valence-corrected chi connectivity index (χ3v) is 5.02. The molecule has 2 heterocycles. The zero-order valence-electron chi connectivity index (χ0n) is 18.5. The molecule has 0 spiro atoms. The second kappa shape index (κ2) is 10.4. The Kier molecular flexibility index (Phi) is 7.11. The average molecular weight is 452 g/mol. The first-order valence-corrected chi connectivity index (χ1v) is 10.7. The van der Waals surface area contributed by atoms with Crippen LogP contribution in [0.1, 0.15) is 6.42 Å². The summed E-state index contributed by atoms with van der Waals surface area (Å²) in [4.78, 5) is 23.2. The summed E-state index contributed by atoms with van der Waals surface area (Å²) < 4.78 is 24.8. The van der Waals surface area contributed by atoms with Crippen molar-refractivity contribution >= 4 is 34.0 Å². The van der Waals surface area contributed by atoms with E-state index in [-0.39, 0.29) is 17.8 Å². The van der Waals surface area contributed by atoms with Gasteiger partial charge in [0.2, 0.25) is 5.91 Å². The fourth-order valence-electron chi connectivity index (χ4n) is 3.38. The second-order valence-corrected chi connectivity index (χ2v) is 7.98. The molecule has 1 aliphatic rings. The summed E-state index contributed by atoms with van der Waals surface area (Å²) in [6.45, 7) is 1.78. The highest BCUT2D eigenvalue weighted by Crippen LogP contribution is 2.34. The number of rotatable bonds is 8. The molecule has 1 unspecified atom stereocenters. The van der Waals surface area contributed by atoms with Crippen molar-refractivity contribution in [2.75, 3.05) is 44.5 Å². The number of likely N-dealkylation sites (N-methyl/N-ethyl adjacent to an activating group) is 1. The van der Waals surface area contributed by atoms with Gasteiger partial charge in [0.15, 0.2) is 0 Å². The molecule has 2 aromatic carbocycles. The van der Waals surface area contributed by atoms with E-state index in [0.717, 1.165) is 6.42 Å². The van der Waals surface area contributed by atoms with Gasteiger partial charge < -0.3 is 25.0 Å². The first-order chi connectivity index (χ1) is 16.0. The van der Waals surface area contributed by atoms with Crippen molar-refractivity contribution in [3.63, 3.8) is 0 Å². The third-order valence-electron chi connectivity index (χ3n) is 5.02. The maximum Gasteiger partial charge on any atom is 0.248 e. The van der Waals surface area contributed by atoms with Gasteiger partial charge in [0.1, 0.15) is 29.8 Å². The molecule has 0 bridgehead atoms. The van der Waals surface area contributed by atoms with Crippen molar-refractivity contribution in [1.29, 1.82) is 0 Å². The van der Waals surface area contributed by atoms with Gasteiger partial charge in [-0.1, -0.05) is 6.08 Å². The Labute approximate surface area is 191 Å². The average Bonchev–Trinajstić information content (AvgIpc) is 3.29. The fraction of sp³-hybridized carbons (Fsp3) is 0.292. The molecule has 0 saturated carbocycles. The molecule has 1 atom stereocenters. The highest BCUT2D eigenvalue weighted by molar-refractivity contribution is 6.03. The predicted molar refractivity (Wildman–Crippen MR) is 125 cm³/mol. The highest BCUT2D eigenvalue weighted by atomic mass is 19.1. The molecule has 0 aliphatic carbocycles. The van der Waals surface area contributed by atoms with E-state index in [0.29, 0.717) is 53.6 Å². The largest absolute Gasteiger partial charge is 0.486 e. The Balaban J connectivity index is 1.67. The summed E-state index contributed by atoms with van der Waals surface area (Å²) in [5.74, 6) is 0.450. The zero-order valence-corrected chi connectivity index (χ0v) is 18.5. The number of nitrogens with zero attached hydrogens (tertiary/aromatic N) is 3. The van der Waals surface area contributed by atoms with Crippen LogP contribution in [-0.2, 0) is 9.53 Å². The molecular weight excluding hydrogens is 425 g/mol. The van der Waals surface area contributed by atoms with Gasteiger partial charge >= 0.3 is 0 Å². The van der Waals surface area contributed by atoms with Crippen LogP contribution in [0.25, 0.3) is 10.9 Å². The SMILES string of the molecule is CN(C)CC=CC(=O)Nc1cc2c(Nc3ccc(F)cc3)ncnc2cc1OC1CCOC1. The van der Waals surface area contributed by atoms with Crippen molar-refractivity contribution < 1.29 is 18.7 Å². The first kappa shape index (κ1) is 22.6. The van der Waals surface area contributed by atoms with Gasteiger partial charge in [-0.25, -0.2) is 14.4 Å². The van der Waals surface area contributed by atoms with Gasteiger partial charge in [-0.2, -0.15) is 0 Å². The number of hydrogen-bond acceptors (Lipinski definition) is 7. The molecular formula is C24H26FN5O3. The van der Waals surface area contributed by atoms with Crippen LogP contribution < -0.4 is 15.4 Å². The van der Waals surface area contributed by atoms with Crippen LogP contribution in [0.4, 0.5) is 21.6 Å². The Morgan fingerprint density at radius 1 is 1.27 bits per heavy atom. The van der Waals surface area contributed by atoms with Crippen LogP contribution in [-0.4, -0.2) is 60.7 Å². The van der Waals surface area contributed by atoms with Crippen molar-refractivity contribution in [3.05, 3.63) is 60.7 Å². The molecule has 9 heteroatoms. The van der Waals surface area contributed by atoms with Gasteiger partial charge in [0.05, 0.1) is 24.4 Å². The molecule has 33 heavy (non-hydrogen) atoms. The number of amides is 1. The maximum atomic E-state index is 13.3. The summed E-state index contributed by atoms with van der Waals surface area (Å²) in [6.07, 6.45) is 5.40. The van der Waals surface area contributed by atoms with Gasteiger partial charge in [-0.3, -0.25) is 4.79 Å². The minimum atomic E-state index is -0.321. The van der Waals surface area contributed by atoms with E-state index >= 15 is 0 Å². The first-order valence-electron chi connectivity index (χ1n) is 10.7. The Morgan fingerprint density at radius 2 is 2.09 bits per heavy atom. The quantitative estimate of drug-likeness (QED) is 0.505. The lowest BCUT2D eigenvalue weighted by Gasteiger charge is -2.17. The normalized spacial score (nSPS) is 15.9. The van der Waals surface area contributed by atoms with Crippen molar-refractivity contribution in [2.45, 2.75) is 12.5 Å². The van der Waals surface area contributed by atoms with Crippen LogP contribution in [0.3, 0.4) is 0 Å². The smallest absolute Gasteiger partial charge is 0.248 e. The molecule has 1 fully saturated rings. The van der Waals surface area contributed by atoms with Crippen LogP contribution in [0, 0.1) is 5.82 Å². The van der Waals surface area contributed by atoms with E-state index in [1.807, 2.05) is 19.0 Å². The number of carbonyl (C=O) groups is 1. The number of anilines is 3. The van der Waals surface area contributed by atoms with Crippen LogP contribution in [0.5, 0.6) is 5.75 Å². The van der Waals surface area contributed by atoms with E-state index in [1.54, 1.807) is 30.3 Å². The van der Waals surface area contributed by atoms with Crippen LogP contribution in [0.15, 0.2) is 54.9 Å². The number of nitrogens with one attached hydrogen (secondary N) is 2. The van der Waals surface area contributed by atoms with Gasteiger partial charge in [-0.15, -0.1) is 0 Å². The number of ether oxygens (including phenoxy) is 2. The van der Waals surface area contributed by atoms with Gasteiger partial charge in [0, 0.05) is 36.2 Å². The van der Waals surface area contributed by atoms with E-state index in [9.17, 15) is 9.18 Å². The number of fused-ring (bicyclic) bond motifs is 1. The summed E-state index contributed by atoms with van der Waals surface area (Å²) in [6, 6.07) is 9.55. The molecule has 8 nitrogen and oxygen atoms in total. The molecule has 0 radical (unpaired) electrons. The lowest BCUT2D eigenvalue weighted by Crippen LogP contribution is -2.18. The van der Waals surface area contributed by atoms with Crippen molar-refractivity contribution in [1.82, 2.24) is 14.9 Å². The van der Waals surface area contributed by atoms with Crippen LogP contribution in [0.2, 0.25) is 0 Å². The van der Waals surface area contributed by atoms with Gasteiger partial charge in [0.25, 0.3) is 0 Å². The molecule has 3 aromatic rings. The molecule has 1 aliphatic heterocycles. The van der Waals surface area contributed by atoms with Crippen molar-refractivity contribution in [3.8, 4) is 5.75 Å². The number of aromatic nitrogens is 2. The zero-order chi connectivity index (χ0) is 23.2. The Bertz CT molecular complexity index is 1140. The van der Waals surface area contributed by atoms with Crippen LogP contribution >= 0.6 is 0 Å². The lowest BCUT2D eigenvalue weighted by atomic mass is 10.1. The monoisotopic (exact) mass is 451 g/mol. The lowest BCUT2D eigenvalue weighted by molar-refractivity contribution is -0.111. The molecule has 1 saturated heterocycles. The van der Waals surface area contributed by atoms with E-state index in [2.05, 4.69) is 20.6 Å².